The summed E-state index contributed by atoms with van der Waals surface area (Å²) in [4.78, 5) is 16.9. The van der Waals surface area contributed by atoms with E-state index in [0.29, 0.717) is 22.9 Å². The SMILES string of the molecule is O=C(Cc1noc2ccccc12)Nc1ccc(-c2nc3ccccc3o2)cc1. The molecular formula is C22H15N3O3. The molecule has 28 heavy (non-hydrogen) atoms. The molecule has 0 unspecified atom stereocenters. The molecule has 0 aliphatic carbocycles. The van der Waals surface area contributed by atoms with Crippen molar-refractivity contribution in [1.29, 1.82) is 0 Å². The standard InChI is InChI=1S/C22H15N3O3/c26-21(13-18-16-5-1-3-7-19(16)28-25-18)23-15-11-9-14(10-12-15)22-24-17-6-2-4-8-20(17)27-22/h1-12H,13H2,(H,23,26). The van der Waals surface area contributed by atoms with E-state index in [-0.39, 0.29) is 12.3 Å². The first-order chi connectivity index (χ1) is 13.8. The molecule has 0 saturated carbocycles. The number of rotatable bonds is 4. The third-order valence-electron chi connectivity index (χ3n) is 4.49. The smallest absolute Gasteiger partial charge is 0.230 e. The van der Waals surface area contributed by atoms with E-state index in [1.165, 1.54) is 0 Å². The Balaban J connectivity index is 1.31. The van der Waals surface area contributed by atoms with Gasteiger partial charge < -0.3 is 14.3 Å². The number of anilines is 1. The third-order valence-corrected chi connectivity index (χ3v) is 4.49. The number of hydrogen-bond acceptors (Lipinski definition) is 5. The Morgan fingerprint density at radius 2 is 1.64 bits per heavy atom. The maximum absolute atomic E-state index is 12.4. The summed E-state index contributed by atoms with van der Waals surface area (Å²) in [7, 11) is 0. The van der Waals surface area contributed by atoms with Gasteiger partial charge in [-0.1, -0.05) is 29.4 Å². The molecule has 3 aromatic carbocycles. The average molecular weight is 369 g/mol. The lowest BCUT2D eigenvalue weighted by molar-refractivity contribution is -0.115. The highest BCUT2D eigenvalue weighted by Crippen LogP contribution is 2.25. The number of oxazole rings is 1. The van der Waals surface area contributed by atoms with E-state index in [2.05, 4.69) is 15.5 Å². The minimum atomic E-state index is -0.159. The predicted octanol–water partition coefficient (Wildman–Crippen LogP) is 4.82. The molecule has 2 aromatic heterocycles. The van der Waals surface area contributed by atoms with Gasteiger partial charge in [0.25, 0.3) is 0 Å². The first-order valence-electron chi connectivity index (χ1n) is 8.85. The van der Waals surface area contributed by atoms with E-state index in [4.69, 9.17) is 8.94 Å². The second kappa shape index (κ2) is 6.66. The second-order valence-corrected chi connectivity index (χ2v) is 6.41. The van der Waals surface area contributed by atoms with Gasteiger partial charge >= 0.3 is 0 Å². The molecule has 0 aliphatic heterocycles. The topological polar surface area (TPSA) is 81.2 Å². The number of aromatic nitrogens is 2. The molecule has 0 aliphatic rings. The first-order valence-corrected chi connectivity index (χ1v) is 8.85. The molecule has 0 radical (unpaired) electrons. The molecule has 0 spiro atoms. The van der Waals surface area contributed by atoms with Crippen LogP contribution in [0.3, 0.4) is 0 Å². The molecule has 0 atom stereocenters. The summed E-state index contributed by atoms with van der Waals surface area (Å²) in [5.41, 5.74) is 4.39. The quantitative estimate of drug-likeness (QED) is 0.491. The van der Waals surface area contributed by atoms with E-state index < -0.39 is 0 Å². The van der Waals surface area contributed by atoms with Crippen LogP contribution in [0.1, 0.15) is 5.69 Å². The van der Waals surface area contributed by atoms with Crippen LogP contribution in [0.25, 0.3) is 33.5 Å². The molecule has 0 bridgehead atoms. The minimum Gasteiger partial charge on any atom is -0.436 e. The van der Waals surface area contributed by atoms with Gasteiger partial charge in [-0.05, 0) is 48.5 Å². The summed E-state index contributed by atoms with van der Waals surface area (Å²) in [5, 5.41) is 7.72. The van der Waals surface area contributed by atoms with Gasteiger partial charge in [-0.2, -0.15) is 0 Å². The lowest BCUT2D eigenvalue weighted by atomic mass is 10.1. The van der Waals surface area contributed by atoms with Crippen molar-refractivity contribution in [2.75, 3.05) is 5.32 Å². The molecule has 1 N–H and O–H groups in total. The highest BCUT2D eigenvalue weighted by atomic mass is 16.5. The van der Waals surface area contributed by atoms with Crippen molar-refractivity contribution < 1.29 is 13.7 Å². The fourth-order valence-electron chi connectivity index (χ4n) is 3.11. The Hall–Kier alpha value is -3.93. The molecule has 2 heterocycles. The molecular weight excluding hydrogens is 354 g/mol. The van der Waals surface area contributed by atoms with Crippen LogP contribution in [0.15, 0.2) is 81.7 Å². The summed E-state index contributed by atoms with van der Waals surface area (Å²) >= 11 is 0. The fourth-order valence-corrected chi connectivity index (χ4v) is 3.11. The Morgan fingerprint density at radius 1 is 0.893 bits per heavy atom. The highest BCUT2D eigenvalue weighted by Gasteiger charge is 2.13. The van der Waals surface area contributed by atoms with Crippen LogP contribution in [-0.2, 0) is 11.2 Å². The van der Waals surface area contributed by atoms with Gasteiger partial charge in [-0.25, -0.2) is 4.98 Å². The summed E-state index contributed by atoms with van der Waals surface area (Å²) < 4.78 is 11.0. The number of nitrogens with zero attached hydrogens (tertiary/aromatic N) is 2. The lowest BCUT2D eigenvalue weighted by Gasteiger charge is -2.04. The largest absolute Gasteiger partial charge is 0.436 e. The minimum absolute atomic E-state index is 0.143. The zero-order chi connectivity index (χ0) is 18.9. The summed E-state index contributed by atoms with van der Waals surface area (Å²) in [6.45, 7) is 0. The van der Waals surface area contributed by atoms with Gasteiger partial charge in [0.2, 0.25) is 11.8 Å². The Morgan fingerprint density at radius 3 is 2.46 bits per heavy atom. The number of carbonyl (C=O) groups excluding carboxylic acids is 1. The van der Waals surface area contributed by atoms with Crippen LogP contribution in [0.4, 0.5) is 5.69 Å². The van der Waals surface area contributed by atoms with E-state index in [1.807, 2.05) is 72.8 Å². The van der Waals surface area contributed by atoms with Gasteiger partial charge in [0.15, 0.2) is 11.2 Å². The van der Waals surface area contributed by atoms with E-state index in [1.54, 1.807) is 0 Å². The molecule has 5 aromatic rings. The summed E-state index contributed by atoms with van der Waals surface area (Å²) in [5.74, 6) is 0.391. The number of nitrogens with one attached hydrogen (secondary N) is 1. The van der Waals surface area contributed by atoms with Crippen molar-refractivity contribution in [2.45, 2.75) is 6.42 Å². The van der Waals surface area contributed by atoms with Crippen molar-refractivity contribution in [3.8, 4) is 11.5 Å². The van der Waals surface area contributed by atoms with E-state index in [9.17, 15) is 4.79 Å². The average Bonchev–Trinajstić information content (AvgIpc) is 3.33. The van der Waals surface area contributed by atoms with Crippen molar-refractivity contribution >= 4 is 33.7 Å². The van der Waals surface area contributed by atoms with E-state index >= 15 is 0 Å². The number of carbonyl (C=O) groups is 1. The maximum Gasteiger partial charge on any atom is 0.230 e. The van der Waals surface area contributed by atoms with Crippen LogP contribution in [0.5, 0.6) is 0 Å². The highest BCUT2D eigenvalue weighted by molar-refractivity contribution is 5.94. The summed E-state index contributed by atoms with van der Waals surface area (Å²) in [6, 6.07) is 22.5. The van der Waals surface area contributed by atoms with Gasteiger partial charge in [0, 0.05) is 16.6 Å². The van der Waals surface area contributed by atoms with Crippen LogP contribution in [0, 0.1) is 0 Å². The maximum atomic E-state index is 12.4. The number of hydrogen-bond donors (Lipinski definition) is 1. The number of fused-ring (bicyclic) bond motifs is 2. The van der Waals surface area contributed by atoms with Crippen molar-refractivity contribution in [3.05, 3.63) is 78.5 Å². The van der Waals surface area contributed by atoms with Crippen LogP contribution < -0.4 is 5.32 Å². The van der Waals surface area contributed by atoms with Gasteiger partial charge in [-0.3, -0.25) is 4.79 Å². The third kappa shape index (κ3) is 3.01. The number of amides is 1. The number of para-hydroxylation sites is 3. The van der Waals surface area contributed by atoms with Crippen LogP contribution in [0.2, 0.25) is 0 Å². The fraction of sp³-hybridized carbons (Fsp3) is 0.0455. The number of benzene rings is 3. The Bertz CT molecular complexity index is 1250. The Kier molecular flexibility index (Phi) is 3.87. The lowest BCUT2D eigenvalue weighted by Crippen LogP contribution is -2.14. The molecule has 5 rings (SSSR count). The molecule has 6 heteroatoms. The summed E-state index contributed by atoms with van der Waals surface area (Å²) in [6.07, 6.45) is 0.143. The zero-order valence-electron chi connectivity index (χ0n) is 14.8. The molecule has 0 fully saturated rings. The molecule has 136 valence electrons. The zero-order valence-corrected chi connectivity index (χ0v) is 14.8. The second-order valence-electron chi connectivity index (χ2n) is 6.41. The molecule has 0 saturated heterocycles. The first kappa shape index (κ1) is 16.3. The predicted molar refractivity (Wildman–Crippen MR) is 106 cm³/mol. The van der Waals surface area contributed by atoms with Crippen LogP contribution in [-0.4, -0.2) is 16.0 Å². The van der Waals surface area contributed by atoms with E-state index in [0.717, 1.165) is 22.0 Å². The molecule has 1 amide bonds. The van der Waals surface area contributed by atoms with Gasteiger partial charge in [-0.15, -0.1) is 0 Å². The normalized spacial score (nSPS) is 11.1. The van der Waals surface area contributed by atoms with Crippen molar-refractivity contribution in [2.24, 2.45) is 0 Å². The monoisotopic (exact) mass is 369 g/mol. The molecule has 6 nitrogen and oxygen atoms in total. The van der Waals surface area contributed by atoms with Gasteiger partial charge in [0.05, 0.1) is 6.42 Å². The Labute approximate surface area is 159 Å². The van der Waals surface area contributed by atoms with Gasteiger partial charge in [0.1, 0.15) is 11.2 Å². The van der Waals surface area contributed by atoms with Crippen molar-refractivity contribution in [1.82, 2.24) is 10.1 Å². The van der Waals surface area contributed by atoms with Crippen molar-refractivity contribution in [3.63, 3.8) is 0 Å². The van der Waals surface area contributed by atoms with Crippen LogP contribution >= 0.6 is 0 Å².